The van der Waals surface area contributed by atoms with Crippen LogP contribution in [0.5, 0.6) is 11.5 Å². The number of rotatable bonds is 4. The van der Waals surface area contributed by atoms with E-state index in [9.17, 15) is 4.79 Å². The molecule has 2 aromatic carbocycles. The third kappa shape index (κ3) is 4.71. The van der Waals surface area contributed by atoms with E-state index in [0.717, 1.165) is 18.7 Å². The number of hydrogen-bond acceptors (Lipinski definition) is 5. The topological polar surface area (TPSA) is 48.0 Å². The second-order valence-corrected chi connectivity index (χ2v) is 7.01. The lowest BCUT2D eigenvalue weighted by Crippen LogP contribution is -2.40. The first-order valence-electron chi connectivity index (χ1n) is 8.22. The van der Waals surface area contributed by atoms with Gasteiger partial charge in [0.25, 0.3) is 0 Å². The summed E-state index contributed by atoms with van der Waals surface area (Å²) in [7, 11) is 1.50. The number of morpholine rings is 1. The molecule has 0 aliphatic carbocycles. The molecule has 142 valence electrons. The van der Waals surface area contributed by atoms with Crippen molar-refractivity contribution in [1.82, 2.24) is 4.90 Å². The average molecular weight is 426 g/mol. The van der Waals surface area contributed by atoms with Crippen LogP contribution in [0.3, 0.4) is 0 Å². The zero-order valence-electron chi connectivity index (χ0n) is 14.5. The Morgan fingerprint density at radius 1 is 1.11 bits per heavy atom. The summed E-state index contributed by atoms with van der Waals surface area (Å²) in [4.78, 5) is 15.3. The molecule has 0 unspecified atom stereocenters. The van der Waals surface area contributed by atoms with Crippen molar-refractivity contribution in [1.29, 1.82) is 0 Å². The van der Waals surface area contributed by atoms with Crippen molar-refractivity contribution in [3.63, 3.8) is 0 Å². The van der Waals surface area contributed by atoms with Crippen LogP contribution in [0.4, 0.5) is 0 Å². The molecule has 1 fully saturated rings. The maximum absolute atomic E-state index is 12.6. The molecule has 0 N–H and O–H groups in total. The highest BCUT2D eigenvalue weighted by molar-refractivity contribution is 7.80. The third-order valence-corrected chi connectivity index (χ3v) is 5.12. The summed E-state index contributed by atoms with van der Waals surface area (Å²) in [6.45, 7) is 2.70. The second kappa shape index (κ2) is 8.89. The van der Waals surface area contributed by atoms with Gasteiger partial charge in [0.15, 0.2) is 11.5 Å². The molecule has 27 heavy (non-hydrogen) atoms. The molecule has 0 saturated carbocycles. The Labute approximate surface area is 172 Å². The molecule has 1 aliphatic rings. The summed E-state index contributed by atoms with van der Waals surface area (Å²) in [5.41, 5.74) is 0.931. The van der Waals surface area contributed by atoms with Gasteiger partial charge in [0.05, 0.1) is 30.9 Å². The number of nitrogens with zero attached hydrogens (tertiary/aromatic N) is 1. The first kappa shape index (κ1) is 19.9. The van der Waals surface area contributed by atoms with Crippen LogP contribution < -0.4 is 9.47 Å². The van der Waals surface area contributed by atoms with E-state index >= 15 is 0 Å². The van der Waals surface area contributed by atoms with Gasteiger partial charge in [-0.15, -0.1) is 0 Å². The lowest BCUT2D eigenvalue weighted by molar-refractivity contribution is 0.0692. The van der Waals surface area contributed by atoms with Gasteiger partial charge >= 0.3 is 5.97 Å². The van der Waals surface area contributed by atoms with Gasteiger partial charge in [-0.2, -0.15) is 0 Å². The summed E-state index contributed by atoms with van der Waals surface area (Å²) in [6.07, 6.45) is 0. The summed E-state index contributed by atoms with van der Waals surface area (Å²) in [6, 6.07) is 9.84. The van der Waals surface area contributed by atoms with Gasteiger partial charge in [-0.05, 0) is 36.4 Å². The van der Waals surface area contributed by atoms with Crippen molar-refractivity contribution in [2.24, 2.45) is 0 Å². The van der Waals surface area contributed by atoms with Crippen LogP contribution in [0.15, 0.2) is 36.4 Å². The maximum Gasteiger partial charge on any atom is 0.345 e. The van der Waals surface area contributed by atoms with Crippen molar-refractivity contribution in [2.75, 3.05) is 33.4 Å². The summed E-state index contributed by atoms with van der Waals surface area (Å²) < 4.78 is 16.2. The Bertz CT molecular complexity index is 869. The molecular weight excluding hydrogens is 409 g/mol. The highest BCUT2D eigenvalue weighted by Gasteiger charge is 2.20. The zero-order valence-corrected chi connectivity index (χ0v) is 16.9. The molecule has 0 radical (unpaired) electrons. The minimum Gasteiger partial charge on any atom is -0.493 e. The normalized spacial score (nSPS) is 14.0. The van der Waals surface area contributed by atoms with Crippen LogP contribution >= 0.6 is 35.4 Å². The van der Waals surface area contributed by atoms with E-state index in [4.69, 9.17) is 49.6 Å². The van der Waals surface area contributed by atoms with Crippen molar-refractivity contribution in [2.45, 2.75) is 0 Å². The SMILES string of the molecule is COc1ccc(C(=S)N2CCOCC2)cc1OC(=O)c1cc(Cl)ccc1Cl. The third-order valence-electron chi connectivity index (χ3n) is 4.06. The molecule has 5 nitrogen and oxygen atoms in total. The van der Waals surface area contributed by atoms with E-state index in [2.05, 4.69) is 4.90 Å². The molecule has 0 aromatic heterocycles. The Morgan fingerprint density at radius 2 is 1.85 bits per heavy atom. The molecule has 0 spiro atoms. The van der Waals surface area contributed by atoms with Crippen LogP contribution in [0.25, 0.3) is 0 Å². The van der Waals surface area contributed by atoms with Crippen LogP contribution in [0, 0.1) is 0 Å². The van der Waals surface area contributed by atoms with Crippen molar-refractivity contribution in [3.05, 3.63) is 57.6 Å². The minimum absolute atomic E-state index is 0.173. The Balaban J connectivity index is 1.86. The van der Waals surface area contributed by atoms with Gasteiger partial charge in [-0.25, -0.2) is 4.79 Å². The fourth-order valence-corrected chi connectivity index (χ4v) is 3.32. The largest absolute Gasteiger partial charge is 0.493 e. The Morgan fingerprint density at radius 3 is 2.56 bits per heavy atom. The van der Waals surface area contributed by atoms with Crippen LogP contribution in [-0.4, -0.2) is 49.3 Å². The molecule has 3 rings (SSSR count). The monoisotopic (exact) mass is 425 g/mol. The highest BCUT2D eigenvalue weighted by Crippen LogP contribution is 2.31. The van der Waals surface area contributed by atoms with Crippen molar-refractivity contribution in [3.8, 4) is 11.5 Å². The molecule has 1 saturated heterocycles. The van der Waals surface area contributed by atoms with E-state index in [0.29, 0.717) is 29.0 Å². The van der Waals surface area contributed by atoms with Gasteiger partial charge in [0.2, 0.25) is 0 Å². The molecule has 1 aliphatic heterocycles. The number of benzene rings is 2. The number of methoxy groups -OCH3 is 1. The van der Waals surface area contributed by atoms with Gasteiger partial charge < -0.3 is 19.1 Å². The Hall–Kier alpha value is -1.86. The van der Waals surface area contributed by atoms with Crippen LogP contribution in [0.1, 0.15) is 15.9 Å². The summed E-state index contributed by atoms with van der Waals surface area (Å²) in [5, 5.41) is 0.643. The van der Waals surface area contributed by atoms with E-state index in [1.165, 1.54) is 13.2 Å². The molecule has 1 heterocycles. The lowest BCUT2D eigenvalue weighted by atomic mass is 10.1. The quantitative estimate of drug-likeness (QED) is 0.415. The standard InChI is InChI=1S/C19H17Cl2NO4S/c1-24-16-5-2-12(18(27)22-6-8-25-9-7-22)10-17(16)26-19(23)14-11-13(20)3-4-15(14)21/h2-5,10-11H,6-9H2,1H3. The minimum atomic E-state index is -0.629. The van der Waals surface area contributed by atoms with Gasteiger partial charge in [0.1, 0.15) is 4.99 Å². The summed E-state index contributed by atoms with van der Waals surface area (Å²) in [5.74, 6) is 0.0388. The van der Waals surface area contributed by atoms with Crippen LogP contribution in [0.2, 0.25) is 10.0 Å². The molecule has 0 bridgehead atoms. The van der Waals surface area contributed by atoms with Crippen molar-refractivity contribution < 1.29 is 19.0 Å². The lowest BCUT2D eigenvalue weighted by Gasteiger charge is -2.29. The van der Waals surface area contributed by atoms with Crippen molar-refractivity contribution >= 4 is 46.4 Å². The molecule has 0 atom stereocenters. The molecule has 0 amide bonds. The van der Waals surface area contributed by atoms with Crippen LogP contribution in [-0.2, 0) is 4.74 Å². The first-order valence-corrected chi connectivity index (χ1v) is 9.38. The average Bonchev–Trinajstić information content (AvgIpc) is 2.69. The maximum atomic E-state index is 12.6. The highest BCUT2D eigenvalue weighted by atomic mass is 35.5. The number of esters is 1. The fraction of sp³-hybridized carbons (Fsp3) is 0.263. The van der Waals surface area contributed by atoms with E-state index in [-0.39, 0.29) is 16.3 Å². The number of carbonyl (C=O) groups is 1. The van der Waals surface area contributed by atoms with E-state index in [1.54, 1.807) is 24.3 Å². The predicted molar refractivity (Wildman–Crippen MR) is 109 cm³/mol. The molecule has 8 heteroatoms. The smallest absolute Gasteiger partial charge is 0.345 e. The number of hydrogen-bond donors (Lipinski definition) is 0. The first-order chi connectivity index (χ1) is 13.0. The van der Waals surface area contributed by atoms with E-state index < -0.39 is 5.97 Å². The molecular formula is C19H17Cl2NO4S. The fourth-order valence-electron chi connectivity index (χ4n) is 2.65. The molecule has 2 aromatic rings. The summed E-state index contributed by atoms with van der Waals surface area (Å²) >= 11 is 17.6. The number of halogens is 2. The van der Waals surface area contributed by atoms with Gasteiger partial charge in [-0.1, -0.05) is 35.4 Å². The Kier molecular flexibility index (Phi) is 6.55. The number of thiocarbonyl (C=S) groups is 1. The zero-order chi connectivity index (χ0) is 19.4. The van der Waals surface area contributed by atoms with Gasteiger partial charge in [-0.3, -0.25) is 0 Å². The number of ether oxygens (including phenoxy) is 3. The van der Waals surface area contributed by atoms with Gasteiger partial charge in [0, 0.05) is 23.7 Å². The predicted octanol–water partition coefficient (Wildman–Crippen LogP) is 4.23. The number of carbonyl (C=O) groups excluding carboxylic acids is 1. The second-order valence-electron chi connectivity index (χ2n) is 5.78. The van der Waals surface area contributed by atoms with E-state index in [1.807, 2.05) is 6.07 Å².